The number of methoxy groups -OCH3 is 2. The number of hydrogen-bond acceptors (Lipinski definition) is 4. The summed E-state index contributed by atoms with van der Waals surface area (Å²) in [5, 5.41) is 2.87. The van der Waals surface area contributed by atoms with Crippen LogP contribution in [0.3, 0.4) is 0 Å². The Kier molecular flexibility index (Phi) is 6.49. The molecule has 24 heavy (non-hydrogen) atoms. The highest BCUT2D eigenvalue weighted by Crippen LogP contribution is 2.24. The molecule has 0 heterocycles. The van der Waals surface area contributed by atoms with Gasteiger partial charge in [0.15, 0.2) is 0 Å². The molecule has 2 rings (SSSR count). The van der Waals surface area contributed by atoms with Crippen LogP contribution in [0.1, 0.15) is 22.3 Å². The zero-order chi connectivity index (χ0) is 17.4. The number of nitrogens with one attached hydrogen (secondary N) is 1. The summed E-state index contributed by atoms with van der Waals surface area (Å²) in [4.78, 5) is 12.2. The Morgan fingerprint density at radius 2 is 1.88 bits per heavy atom. The SMILES string of the molecule is COc1ccc(C(=O)NCCCOc2cccc(C)c2)c(OC)c1. The maximum absolute atomic E-state index is 12.2. The first-order valence-electron chi connectivity index (χ1n) is 7.83. The van der Waals surface area contributed by atoms with Crippen LogP contribution in [0.15, 0.2) is 42.5 Å². The smallest absolute Gasteiger partial charge is 0.255 e. The van der Waals surface area contributed by atoms with Crippen molar-refractivity contribution in [3.8, 4) is 17.2 Å². The summed E-state index contributed by atoms with van der Waals surface area (Å²) in [6, 6.07) is 13.0. The topological polar surface area (TPSA) is 56.8 Å². The Labute approximate surface area is 142 Å². The summed E-state index contributed by atoms with van der Waals surface area (Å²) in [5.74, 6) is 1.81. The van der Waals surface area contributed by atoms with E-state index in [1.54, 1.807) is 25.3 Å². The van der Waals surface area contributed by atoms with Crippen LogP contribution in [0.5, 0.6) is 17.2 Å². The molecule has 0 aliphatic carbocycles. The van der Waals surface area contributed by atoms with Crippen molar-refractivity contribution in [2.24, 2.45) is 0 Å². The minimum atomic E-state index is -0.176. The van der Waals surface area contributed by atoms with Gasteiger partial charge in [-0.3, -0.25) is 4.79 Å². The van der Waals surface area contributed by atoms with Gasteiger partial charge in [-0.2, -0.15) is 0 Å². The molecule has 0 atom stereocenters. The van der Waals surface area contributed by atoms with Crippen LogP contribution in [0.25, 0.3) is 0 Å². The van der Waals surface area contributed by atoms with Crippen LogP contribution in [-0.4, -0.2) is 33.3 Å². The quantitative estimate of drug-likeness (QED) is 0.756. The summed E-state index contributed by atoms with van der Waals surface area (Å²) in [5.41, 5.74) is 1.64. The summed E-state index contributed by atoms with van der Waals surface area (Å²) < 4.78 is 16.0. The Balaban J connectivity index is 1.79. The molecule has 0 spiro atoms. The molecule has 0 saturated heterocycles. The summed E-state index contributed by atoms with van der Waals surface area (Å²) in [7, 11) is 3.10. The number of amides is 1. The van der Waals surface area contributed by atoms with E-state index >= 15 is 0 Å². The molecule has 0 unspecified atom stereocenters. The number of benzene rings is 2. The zero-order valence-corrected chi connectivity index (χ0v) is 14.3. The van der Waals surface area contributed by atoms with E-state index in [9.17, 15) is 4.79 Å². The van der Waals surface area contributed by atoms with Gasteiger partial charge in [-0.1, -0.05) is 12.1 Å². The lowest BCUT2D eigenvalue weighted by Gasteiger charge is -2.11. The minimum Gasteiger partial charge on any atom is -0.497 e. The van der Waals surface area contributed by atoms with Gasteiger partial charge in [0.05, 0.1) is 26.4 Å². The molecule has 128 valence electrons. The summed E-state index contributed by atoms with van der Waals surface area (Å²) in [6.45, 7) is 3.10. The molecule has 0 aliphatic rings. The van der Waals surface area contributed by atoms with Gasteiger partial charge in [0, 0.05) is 12.6 Å². The number of carbonyl (C=O) groups is 1. The Morgan fingerprint density at radius 3 is 2.58 bits per heavy atom. The van der Waals surface area contributed by atoms with Gasteiger partial charge in [-0.15, -0.1) is 0 Å². The van der Waals surface area contributed by atoms with Gasteiger partial charge in [0.25, 0.3) is 5.91 Å². The second kappa shape index (κ2) is 8.82. The van der Waals surface area contributed by atoms with Gasteiger partial charge < -0.3 is 19.5 Å². The molecule has 0 bridgehead atoms. The number of ether oxygens (including phenoxy) is 3. The minimum absolute atomic E-state index is 0.176. The van der Waals surface area contributed by atoms with Crippen LogP contribution >= 0.6 is 0 Å². The molecule has 0 saturated carbocycles. The number of rotatable bonds is 8. The van der Waals surface area contributed by atoms with Crippen LogP contribution in [0.4, 0.5) is 0 Å². The summed E-state index contributed by atoms with van der Waals surface area (Å²) in [6.07, 6.45) is 0.720. The predicted molar refractivity (Wildman–Crippen MR) is 93.2 cm³/mol. The highest BCUT2D eigenvalue weighted by atomic mass is 16.5. The van der Waals surface area contributed by atoms with Gasteiger partial charge in [0.1, 0.15) is 17.2 Å². The van der Waals surface area contributed by atoms with E-state index in [-0.39, 0.29) is 5.91 Å². The molecule has 0 aromatic heterocycles. The third-order valence-electron chi connectivity index (χ3n) is 3.52. The van der Waals surface area contributed by atoms with E-state index in [2.05, 4.69) is 5.32 Å². The average molecular weight is 329 g/mol. The van der Waals surface area contributed by atoms with Gasteiger partial charge in [-0.05, 0) is 43.2 Å². The van der Waals surface area contributed by atoms with E-state index < -0.39 is 0 Å². The highest BCUT2D eigenvalue weighted by Gasteiger charge is 2.12. The molecule has 2 aromatic rings. The molecule has 2 aromatic carbocycles. The third kappa shape index (κ3) is 4.91. The van der Waals surface area contributed by atoms with Crippen LogP contribution in [-0.2, 0) is 0 Å². The first kappa shape index (κ1) is 17.7. The molecule has 0 fully saturated rings. The van der Waals surface area contributed by atoms with Crippen LogP contribution < -0.4 is 19.5 Å². The van der Waals surface area contributed by atoms with Crippen molar-refractivity contribution in [3.63, 3.8) is 0 Å². The second-order valence-electron chi connectivity index (χ2n) is 5.34. The lowest BCUT2D eigenvalue weighted by molar-refractivity contribution is 0.0948. The molecule has 1 amide bonds. The third-order valence-corrected chi connectivity index (χ3v) is 3.52. The summed E-state index contributed by atoms with van der Waals surface area (Å²) >= 11 is 0. The van der Waals surface area contributed by atoms with Crippen molar-refractivity contribution in [2.75, 3.05) is 27.4 Å². The number of carbonyl (C=O) groups excluding carboxylic acids is 1. The maximum atomic E-state index is 12.2. The zero-order valence-electron chi connectivity index (χ0n) is 14.3. The van der Waals surface area contributed by atoms with Crippen LogP contribution in [0, 0.1) is 6.92 Å². The van der Waals surface area contributed by atoms with E-state index in [4.69, 9.17) is 14.2 Å². The normalized spacial score (nSPS) is 10.1. The van der Waals surface area contributed by atoms with Crippen molar-refractivity contribution < 1.29 is 19.0 Å². The van der Waals surface area contributed by atoms with Crippen molar-refractivity contribution in [1.29, 1.82) is 0 Å². The van der Waals surface area contributed by atoms with E-state index in [0.29, 0.717) is 30.2 Å². The predicted octanol–water partition coefficient (Wildman–Crippen LogP) is 3.21. The molecular formula is C19H23NO4. The Bertz CT molecular complexity index is 685. The van der Waals surface area contributed by atoms with Crippen molar-refractivity contribution in [3.05, 3.63) is 53.6 Å². The fourth-order valence-corrected chi connectivity index (χ4v) is 2.25. The highest BCUT2D eigenvalue weighted by molar-refractivity contribution is 5.97. The standard InChI is InChI=1S/C19H23NO4/c1-14-6-4-7-16(12-14)24-11-5-10-20-19(21)17-9-8-15(22-2)13-18(17)23-3/h4,6-9,12-13H,5,10-11H2,1-3H3,(H,20,21). The average Bonchev–Trinajstić information content (AvgIpc) is 2.60. The van der Waals surface area contributed by atoms with Crippen molar-refractivity contribution in [1.82, 2.24) is 5.32 Å². The molecule has 1 N–H and O–H groups in total. The number of hydrogen-bond donors (Lipinski definition) is 1. The lowest BCUT2D eigenvalue weighted by Crippen LogP contribution is -2.26. The fourth-order valence-electron chi connectivity index (χ4n) is 2.25. The molecule has 5 heteroatoms. The number of aryl methyl sites for hydroxylation is 1. The van der Waals surface area contributed by atoms with Crippen LogP contribution in [0.2, 0.25) is 0 Å². The molecule has 5 nitrogen and oxygen atoms in total. The van der Waals surface area contributed by atoms with E-state index in [1.165, 1.54) is 7.11 Å². The van der Waals surface area contributed by atoms with E-state index in [1.807, 2.05) is 31.2 Å². The lowest BCUT2D eigenvalue weighted by atomic mass is 10.1. The molecule has 0 radical (unpaired) electrons. The van der Waals surface area contributed by atoms with Gasteiger partial charge >= 0.3 is 0 Å². The monoisotopic (exact) mass is 329 g/mol. The Morgan fingerprint density at radius 1 is 1.04 bits per heavy atom. The molecule has 0 aliphatic heterocycles. The fraction of sp³-hybridized carbons (Fsp3) is 0.316. The first-order chi connectivity index (χ1) is 11.6. The van der Waals surface area contributed by atoms with Gasteiger partial charge in [-0.25, -0.2) is 0 Å². The van der Waals surface area contributed by atoms with E-state index in [0.717, 1.165) is 17.7 Å². The van der Waals surface area contributed by atoms with Crippen molar-refractivity contribution in [2.45, 2.75) is 13.3 Å². The van der Waals surface area contributed by atoms with Crippen molar-refractivity contribution >= 4 is 5.91 Å². The second-order valence-corrected chi connectivity index (χ2v) is 5.34. The first-order valence-corrected chi connectivity index (χ1v) is 7.83. The molecular weight excluding hydrogens is 306 g/mol. The van der Waals surface area contributed by atoms with Gasteiger partial charge in [0.2, 0.25) is 0 Å². The maximum Gasteiger partial charge on any atom is 0.255 e. The largest absolute Gasteiger partial charge is 0.497 e. The Hall–Kier alpha value is -2.69.